The van der Waals surface area contributed by atoms with Gasteiger partial charge in [0.1, 0.15) is 6.10 Å². The molecule has 23 heavy (non-hydrogen) atoms. The minimum absolute atomic E-state index is 0.129. The number of hydrogen-bond acceptors (Lipinski definition) is 3. The largest absolute Gasteiger partial charge is 0.386 e. The molecule has 1 aromatic carbocycles. The minimum Gasteiger partial charge on any atom is -0.386 e. The Morgan fingerprint density at radius 1 is 1.17 bits per heavy atom. The van der Waals surface area contributed by atoms with Gasteiger partial charge in [0, 0.05) is 24.2 Å². The summed E-state index contributed by atoms with van der Waals surface area (Å²) < 4.78 is 4.17. The summed E-state index contributed by atoms with van der Waals surface area (Å²) in [5.41, 5.74) is 4.61. The SMILES string of the molecule is O[C@@H]1c2ccnn2CCC[C@H]1[C@H]1c2ccccc2-c2cncn21. The number of rotatable bonds is 1. The third kappa shape index (κ3) is 1.77. The van der Waals surface area contributed by atoms with Crippen molar-refractivity contribution >= 4 is 0 Å². The van der Waals surface area contributed by atoms with Crippen LogP contribution in [0.15, 0.2) is 49.1 Å². The summed E-state index contributed by atoms with van der Waals surface area (Å²) in [6.07, 6.45) is 7.10. The first-order valence-corrected chi connectivity index (χ1v) is 8.15. The van der Waals surface area contributed by atoms with Gasteiger partial charge in [0.15, 0.2) is 0 Å². The Balaban J connectivity index is 1.65. The quantitative estimate of drug-likeness (QED) is 0.752. The first kappa shape index (κ1) is 13.1. The van der Waals surface area contributed by atoms with Gasteiger partial charge >= 0.3 is 0 Å². The number of imidazole rings is 1. The van der Waals surface area contributed by atoms with E-state index in [1.54, 1.807) is 6.20 Å². The lowest BCUT2D eigenvalue weighted by Crippen LogP contribution is -2.23. The second kappa shape index (κ2) is 4.80. The van der Waals surface area contributed by atoms with E-state index in [2.05, 4.69) is 38.9 Å². The average Bonchev–Trinajstić information content (AvgIpc) is 3.25. The van der Waals surface area contributed by atoms with Crippen LogP contribution in [0.1, 0.15) is 36.2 Å². The lowest BCUT2D eigenvalue weighted by Gasteiger charge is -2.28. The van der Waals surface area contributed by atoms with E-state index in [9.17, 15) is 5.11 Å². The number of nitrogens with zero attached hydrogens (tertiary/aromatic N) is 4. The summed E-state index contributed by atoms with van der Waals surface area (Å²) >= 11 is 0. The number of aliphatic hydroxyl groups is 1. The van der Waals surface area contributed by atoms with E-state index in [0.29, 0.717) is 0 Å². The van der Waals surface area contributed by atoms with Gasteiger partial charge in [0.05, 0.1) is 30.0 Å². The van der Waals surface area contributed by atoms with E-state index in [4.69, 9.17) is 0 Å². The molecule has 3 atom stereocenters. The van der Waals surface area contributed by atoms with Crippen LogP contribution in [0.25, 0.3) is 11.3 Å². The molecular formula is C18H18N4O. The second-order valence-electron chi connectivity index (χ2n) is 6.45. The van der Waals surface area contributed by atoms with E-state index in [1.807, 2.05) is 23.3 Å². The van der Waals surface area contributed by atoms with Crippen LogP contribution in [-0.2, 0) is 6.54 Å². The van der Waals surface area contributed by atoms with Crippen molar-refractivity contribution in [2.24, 2.45) is 5.92 Å². The van der Waals surface area contributed by atoms with Crippen molar-refractivity contribution in [1.82, 2.24) is 19.3 Å². The van der Waals surface area contributed by atoms with Crippen molar-refractivity contribution < 1.29 is 5.11 Å². The standard InChI is InChI=1S/C18H18N4O/c23-18-14(6-3-9-22-15(18)7-8-20-22)17-13-5-2-1-4-12(13)16-10-19-11-21(16)17/h1-2,4-5,7-8,10-11,14,17-18,23H,3,6,9H2/t14-,17+,18-/m0/s1. The van der Waals surface area contributed by atoms with Gasteiger partial charge in [-0.3, -0.25) is 4.68 Å². The maximum atomic E-state index is 11.0. The van der Waals surface area contributed by atoms with Crippen LogP contribution in [0.3, 0.4) is 0 Å². The Labute approximate surface area is 134 Å². The number of aromatic nitrogens is 4. The molecule has 5 nitrogen and oxygen atoms in total. The van der Waals surface area contributed by atoms with Gasteiger partial charge in [-0.1, -0.05) is 24.3 Å². The van der Waals surface area contributed by atoms with Crippen molar-refractivity contribution in [3.8, 4) is 11.3 Å². The Hall–Kier alpha value is -2.40. The number of fused-ring (bicyclic) bond motifs is 4. The molecule has 0 saturated carbocycles. The molecule has 2 aliphatic heterocycles. The first-order chi connectivity index (χ1) is 11.3. The maximum absolute atomic E-state index is 11.0. The molecule has 2 aliphatic rings. The molecule has 0 fully saturated rings. The lowest BCUT2D eigenvalue weighted by molar-refractivity contribution is 0.0799. The van der Waals surface area contributed by atoms with Crippen LogP contribution in [0.4, 0.5) is 0 Å². The molecule has 5 rings (SSSR count). The van der Waals surface area contributed by atoms with Crippen LogP contribution in [-0.4, -0.2) is 24.4 Å². The number of aryl methyl sites for hydroxylation is 1. The molecule has 3 aromatic rings. The Kier molecular flexibility index (Phi) is 2.73. The van der Waals surface area contributed by atoms with Crippen molar-refractivity contribution in [1.29, 1.82) is 0 Å². The summed E-state index contributed by atoms with van der Waals surface area (Å²) in [6.45, 7) is 0.876. The van der Waals surface area contributed by atoms with Crippen molar-refractivity contribution in [3.05, 3.63) is 60.3 Å². The van der Waals surface area contributed by atoms with Crippen LogP contribution < -0.4 is 0 Å². The zero-order valence-electron chi connectivity index (χ0n) is 12.7. The lowest BCUT2D eigenvalue weighted by atomic mass is 9.84. The summed E-state index contributed by atoms with van der Waals surface area (Å²) in [7, 11) is 0. The number of aliphatic hydroxyl groups excluding tert-OH is 1. The molecule has 0 unspecified atom stereocenters. The first-order valence-electron chi connectivity index (χ1n) is 8.15. The molecule has 0 bridgehead atoms. The van der Waals surface area contributed by atoms with Crippen molar-refractivity contribution in [2.45, 2.75) is 31.5 Å². The fourth-order valence-electron chi connectivity index (χ4n) is 4.28. The third-order valence-corrected chi connectivity index (χ3v) is 5.29. The van der Waals surface area contributed by atoms with Gasteiger partial charge in [0.2, 0.25) is 0 Å². The van der Waals surface area contributed by atoms with E-state index >= 15 is 0 Å². The highest BCUT2D eigenvalue weighted by Gasteiger charge is 2.39. The molecule has 2 aromatic heterocycles. The van der Waals surface area contributed by atoms with E-state index < -0.39 is 6.10 Å². The van der Waals surface area contributed by atoms with E-state index in [1.165, 1.54) is 11.1 Å². The molecule has 0 saturated heterocycles. The summed E-state index contributed by atoms with van der Waals surface area (Å²) in [5, 5.41) is 15.4. The number of hydrogen-bond donors (Lipinski definition) is 1. The highest BCUT2D eigenvalue weighted by molar-refractivity contribution is 5.69. The van der Waals surface area contributed by atoms with Crippen molar-refractivity contribution in [3.63, 3.8) is 0 Å². The monoisotopic (exact) mass is 306 g/mol. The third-order valence-electron chi connectivity index (χ3n) is 5.29. The molecule has 0 spiro atoms. The van der Waals surface area contributed by atoms with Gasteiger partial charge in [-0.05, 0) is 24.5 Å². The Morgan fingerprint density at radius 2 is 2.09 bits per heavy atom. The van der Waals surface area contributed by atoms with Crippen LogP contribution in [0.5, 0.6) is 0 Å². The predicted molar refractivity (Wildman–Crippen MR) is 85.7 cm³/mol. The normalized spacial score (nSPS) is 25.5. The zero-order chi connectivity index (χ0) is 15.4. The van der Waals surface area contributed by atoms with Crippen molar-refractivity contribution in [2.75, 3.05) is 0 Å². The van der Waals surface area contributed by atoms with Gasteiger partial charge < -0.3 is 9.67 Å². The van der Waals surface area contributed by atoms with E-state index in [-0.39, 0.29) is 12.0 Å². The fourth-order valence-corrected chi connectivity index (χ4v) is 4.28. The summed E-state index contributed by atoms with van der Waals surface area (Å²) in [6, 6.07) is 10.6. The minimum atomic E-state index is -0.508. The topological polar surface area (TPSA) is 55.9 Å². The van der Waals surface area contributed by atoms with Gasteiger partial charge in [-0.2, -0.15) is 5.10 Å². The van der Waals surface area contributed by atoms with Crippen LogP contribution in [0.2, 0.25) is 0 Å². The van der Waals surface area contributed by atoms with E-state index in [0.717, 1.165) is 30.8 Å². The summed E-state index contributed by atoms with van der Waals surface area (Å²) in [4.78, 5) is 4.33. The average molecular weight is 306 g/mol. The predicted octanol–water partition coefficient (Wildman–Crippen LogP) is 2.79. The molecule has 0 amide bonds. The number of benzene rings is 1. The van der Waals surface area contributed by atoms with Gasteiger partial charge in [-0.15, -0.1) is 0 Å². The molecule has 5 heteroatoms. The zero-order valence-corrected chi connectivity index (χ0v) is 12.7. The second-order valence-corrected chi connectivity index (χ2v) is 6.45. The van der Waals surface area contributed by atoms with Gasteiger partial charge in [0.25, 0.3) is 0 Å². The molecular weight excluding hydrogens is 288 g/mol. The molecule has 0 aliphatic carbocycles. The molecule has 1 N–H and O–H groups in total. The Morgan fingerprint density at radius 3 is 3.04 bits per heavy atom. The molecule has 4 heterocycles. The highest BCUT2D eigenvalue weighted by Crippen LogP contribution is 2.48. The van der Waals surface area contributed by atoms with Crippen LogP contribution in [0, 0.1) is 5.92 Å². The maximum Gasteiger partial charge on any atom is 0.101 e. The fraction of sp³-hybridized carbons (Fsp3) is 0.333. The highest BCUT2D eigenvalue weighted by atomic mass is 16.3. The smallest absolute Gasteiger partial charge is 0.101 e. The Bertz CT molecular complexity index is 865. The van der Waals surface area contributed by atoms with Gasteiger partial charge in [-0.25, -0.2) is 4.98 Å². The molecule has 0 radical (unpaired) electrons. The molecule has 116 valence electrons. The van der Waals surface area contributed by atoms with Crippen LogP contribution >= 0.6 is 0 Å². The summed E-state index contributed by atoms with van der Waals surface area (Å²) in [5.74, 6) is 0.129.